The Morgan fingerprint density at radius 1 is 1.45 bits per heavy atom. The molecule has 1 aliphatic heterocycles. The van der Waals surface area contributed by atoms with E-state index in [0.717, 1.165) is 37.0 Å². The molecule has 114 valence electrons. The zero-order valence-corrected chi connectivity index (χ0v) is 13.4. The van der Waals surface area contributed by atoms with Gasteiger partial charge in [-0.1, -0.05) is 25.9 Å². The molecule has 4 nitrogen and oxygen atoms in total. The maximum atomic E-state index is 5.47. The fourth-order valence-electron chi connectivity index (χ4n) is 2.89. The molecule has 0 radical (unpaired) electrons. The van der Waals surface area contributed by atoms with E-state index in [-0.39, 0.29) is 0 Å². The van der Waals surface area contributed by atoms with Crippen LogP contribution >= 0.6 is 0 Å². The Labute approximate surface area is 122 Å². The second-order valence-electron chi connectivity index (χ2n) is 6.76. The molecule has 0 amide bonds. The summed E-state index contributed by atoms with van der Waals surface area (Å²) in [7, 11) is 0. The molecular weight excluding hydrogens is 250 g/mol. The zero-order chi connectivity index (χ0) is 14.5. The molecule has 2 unspecified atom stereocenters. The van der Waals surface area contributed by atoms with E-state index in [2.05, 4.69) is 49.1 Å². The Morgan fingerprint density at radius 2 is 2.25 bits per heavy atom. The van der Waals surface area contributed by atoms with Gasteiger partial charge >= 0.3 is 0 Å². The molecule has 1 aromatic heterocycles. The summed E-state index contributed by atoms with van der Waals surface area (Å²) in [4.78, 5) is 2.51. The van der Waals surface area contributed by atoms with Crippen LogP contribution in [-0.2, 0) is 13.1 Å². The molecule has 1 aromatic rings. The van der Waals surface area contributed by atoms with Crippen LogP contribution in [0.4, 0.5) is 0 Å². The van der Waals surface area contributed by atoms with Crippen molar-refractivity contribution in [3.63, 3.8) is 0 Å². The van der Waals surface area contributed by atoms with E-state index in [0.29, 0.717) is 12.0 Å². The topological polar surface area (TPSA) is 41.3 Å². The number of aromatic nitrogens is 1. The van der Waals surface area contributed by atoms with E-state index in [4.69, 9.17) is 4.52 Å². The molecule has 0 spiro atoms. The second-order valence-corrected chi connectivity index (χ2v) is 6.76. The summed E-state index contributed by atoms with van der Waals surface area (Å²) in [5, 5.41) is 7.55. The van der Waals surface area contributed by atoms with Gasteiger partial charge in [-0.15, -0.1) is 0 Å². The van der Waals surface area contributed by atoms with Gasteiger partial charge in [0.1, 0.15) is 0 Å². The molecule has 0 bridgehead atoms. The third kappa shape index (κ3) is 4.60. The van der Waals surface area contributed by atoms with Crippen LogP contribution in [0.2, 0.25) is 0 Å². The van der Waals surface area contributed by atoms with Gasteiger partial charge in [-0.3, -0.25) is 4.90 Å². The Morgan fingerprint density at radius 3 is 2.95 bits per heavy atom. The highest BCUT2D eigenvalue weighted by molar-refractivity contribution is 5.05. The molecule has 2 rings (SSSR count). The van der Waals surface area contributed by atoms with Crippen LogP contribution in [0.5, 0.6) is 0 Å². The lowest BCUT2D eigenvalue weighted by atomic mass is 9.93. The van der Waals surface area contributed by atoms with E-state index >= 15 is 0 Å². The number of rotatable bonds is 6. The lowest BCUT2D eigenvalue weighted by Crippen LogP contribution is -2.39. The summed E-state index contributed by atoms with van der Waals surface area (Å²) >= 11 is 0. The lowest BCUT2D eigenvalue weighted by molar-refractivity contribution is 0.110. The average molecular weight is 279 g/mol. The van der Waals surface area contributed by atoms with Gasteiger partial charge in [0.2, 0.25) is 0 Å². The number of hydrogen-bond acceptors (Lipinski definition) is 4. The van der Waals surface area contributed by atoms with Crippen molar-refractivity contribution in [1.82, 2.24) is 15.4 Å². The van der Waals surface area contributed by atoms with Gasteiger partial charge in [0.05, 0.1) is 12.2 Å². The van der Waals surface area contributed by atoms with Gasteiger partial charge in [-0.25, -0.2) is 0 Å². The summed E-state index contributed by atoms with van der Waals surface area (Å²) in [6.45, 7) is 13.0. The van der Waals surface area contributed by atoms with Crippen molar-refractivity contribution in [3.05, 3.63) is 17.5 Å². The molecule has 0 aliphatic carbocycles. The largest absolute Gasteiger partial charge is 0.360 e. The maximum absolute atomic E-state index is 5.47. The SMILES string of the molecule is CC(C)CNCc1cc(CN2CCC(C)CC2C)on1. The van der Waals surface area contributed by atoms with E-state index in [1.165, 1.54) is 19.4 Å². The predicted octanol–water partition coefficient (Wildman–Crippen LogP) is 3.04. The van der Waals surface area contributed by atoms with Crippen molar-refractivity contribution >= 4 is 0 Å². The Hall–Kier alpha value is -0.870. The number of nitrogens with zero attached hydrogens (tertiary/aromatic N) is 2. The third-order valence-electron chi connectivity index (χ3n) is 4.10. The highest BCUT2D eigenvalue weighted by Gasteiger charge is 2.23. The van der Waals surface area contributed by atoms with Crippen LogP contribution in [0.3, 0.4) is 0 Å². The molecule has 4 heteroatoms. The molecule has 1 saturated heterocycles. The molecule has 0 aromatic carbocycles. The highest BCUT2D eigenvalue weighted by Crippen LogP contribution is 2.23. The van der Waals surface area contributed by atoms with Crippen LogP contribution in [0.1, 0.15) is 52.0 Å². The Kier molecular flexibility index (Phi) is 5.61. The van der Waals surface area contributed by atoms with Crippen LogP contribution in [-0.4, -0.2) is 29.2 Å². The highest BCUT2D eigenvalue weighted by atomic mass is 16.5. The van der Waals surface area contributed by atoms with Gasteiger partial charge in [0, 0.05) is 18.7 Å². The van der Waals surface area contributed by atoms with Crippen LogP contribution < -0.4 is 5.32 Å². The lowest BCUT2D eigenvalue weighted by Gasteiger charge is -2.35. The van der Waals surface area contributed by atoms with Gasteiger partial charge in [-0.05, 0) is 44.7 Å². The normalized spacial score (nSPS) is 24.4. The molecule has 2 heterocycles. The van der Waals surface area contributed by atoms with E-state index in [1.807, 2.05) is 0 Å². The second kappa shape index (κ2) is 7.23. The quantitative estimate of drug-likeness (QED) is 0.869. The van der Waals surface area contributed by atoms with Crippen molar-refractivity contribution in [2.24, 2.45) is 11.8 Å². The third-order valence-corrected chi connectivity index (χ3v) is 4.10. The predicted molar refractivity (Wildman–Crippen MR) is 81.3 cm³/mol. The first-order valence-electron chi connectivity index (χ1n) is 7.93. The molecule has 1 fully saturated rings. The minimum absolute atomic E-state index is 0.645. The van der Waals surface area contributed by atoms with E-state index < -0.39 is 0 Å². The summed E-state index contributed by atoms with van der Waals surface area (Å²) in [6, 6.07) is 2.74. The average Bonchev–Trinajstić information content (AvgIpc) is 2.80. The minimum Gasteiger partial charge on any atom is -0.360 e. The smallest absolute Gasteiger partial charge is 0.151 e. The molecule has 1 aliphatic rings. The zero-order valence-electron chi connectivity index (χ0n) is 13.4. The van der Waals surface area contributed by atoms with Gasteiger partial charge < -0.3 is 9.84 Å². The first-order chi connectivity index (χ1) is 9.54. The summed E-state index contributed by atoms with van der Waals surface area (Å²) in [5.41, 5.74) is 1.01. The van der Waals surface area contributed by atoms with Gasteiger partial charge in [0.25, 0.3) is 0 Å². The Balaban J connectivity index is 1.80. The molecule has 1 N–H and O–H groups in total. The van der Waals surface area contributed by atoms with Crippen LogP contribution in [0, 0.1) is 11.8 Å². The van der Waals surface area contributed by atoms with Crippen molar-refractivity contribution in [2.75, 3.05) is 13.1 Å². The van der Waals surface area contributed by atoms with E-state index in [1.54, 1.807) is 0 Å². The monoisotopic (exact) mass is 279 g/mol. The molecule has 20 heavy (non-hydrogen) atoms. The van der Waals surface area contributed by atoms with Crippen LogP contribution in [0.25, 0.3) is 0 Å². The molecule has 0 saturated carbocycles. The number of likely N-dealkylation sites (tertiary alicyclic amines) is 1. The van der Waals surface area contributed by atoms with Gasteiger partial charge in [-0.2, -0.15) is 0 Å². The minimum atomic E-state index is 0.645. The van der Waals surface area contributed by atoms with Gasteiger partial charge in [0.15, 0.2) is 5.76 Å². The van der Waals surface area contributed by atoms with Crippen molar-refractivity contribution in [3.8, 4) is 0 Å². The number of hydrogen-bond donors (Lipinski definition) is 1. The summed E-state index contributed by atoms with van der Waals surface area (Å²) in [6.07, 6.45) is 2.58. The Bertz CT molecular complexity index is 402. The molecule has 2 atom stereocenters. The summed E-state index contributed by atoms with van der Waals surface area (Å²) in [5.74, 6) is 2.51. The molecular formula is C16H29N3O. The van der Waals surface area contributed by atoms with Crippen molar-refractivity contribution in [2.45, 2.75) is 59.7 Å². The maximum Gasteiger partial charge on any atom is 0.151 e. The van der Waals surface area contributed by atoms with E-state index in [9.17, 15) is 0 Å². The van der Waals surface area contributed by atoms with Crippen LogP contribution in [0.15, 0.2) is 10.6 Å². The first kappa shape index (κ1) is 15.5. The first-order valence-corrected chi connectivity index (χ1v) is 7.93. The van der Waals surface area contributed by atoms with Crippen molar-refractivity contribution < 1.29 is 4.52 Å². The number of piperidine rings is 1. The number of nitrogens with one attached hydrogen (secondary N) is 1. The van der Waals surface area contributed by atoms with Crippen molar-refractivity contribution in [1.29, 1.82) is 0 Å². The standard InChI is InChI=1S/C16H29N3O/c1-12(2)9-17-10-15-8-16(20-18-15)11-19-6-5-13(3)7-14(19)4/h8,12-14,17H,5-7,9-11H2,1-4H3. The fraction of sp³-hybridized carbons (Fsp3) is 0.812. The summed E-state index contributed by atoms with van der Waals surface area (Å²) < 4.78 is 5.47. The fourth-order valence-corrected chi connectivity index (χ4v) is 2.89.